The van der Waals surface area contributed by atoms with Crippen LogP contribution in [0.5, 0.6) is 0 Å². The molecule has 19 heavy (non-hydrogen) atoms. The number of hydrogen-bond donors (Lipinski definition) is 3. The van der Waals surface area contributed by atoms with Gasteiger partial charge in [0, 0.05) is 18.3 Å². The molecule has 1 rings (SSSR count). The number of amides is 2. The minimum Gasteiger partial charge on any atom is -0.396 e. The largest absolute Gasteiger partial charge is 0.396 e. The van der Waals surface area contributed by atoms with Crippen LogP contribution in [0.3, 0.4) is 0 Å². The van der Waals surface area contributed by atoms with Crippen molar-refractivity contribution < 1.29 is 9.90 Å². The Morgan fingerprint density at radius 3 is 2.32 bits per heavy atom. The summed E-state index contributed by atoms with van der Waals surface area (Å²) in [4.78, 5) is 12.0. The molecular formula is C15H24N2O2. The zero-order valence-corrected chi connectivity index (χ0v) is 12.2. The molecule has 1 aromatic rings. The minimum absolute atomic E-state index is 0.0191. The van der Waals surface area contributed by atoms with E-state index in [2.05, 4.69) is 10.6 Å². The van der Waals surface area contributed by atoms with Gasteiger partial charge in [0.25, 0.3) is 0 Å². The summed E-state index contributed by atoms with van der Waals surface area (Å²) < 4.78 is 0. The van der Waals surface area contributed by atoms with E-state index in [4.69, 9.17) is 5.11 Å². The molecule has 0 heterocycles. The molecule has 1 unspecified atom stereocenters. The van der Waals surface area contributed by atoms with E-state index in [-0.39, 0.29) is 24.6 Å². The first-order chi connectivity index (χ1) is 8.95. The molecule has 3 N–H and O–H groups in total. The number of urea groups is 1. The highest BCUT2D eigenvalue weighted by Gasteiger charge is 2.16. The Morgan fingerprint density at radius 2 is 1.84 bits per heavy atom. The van der Waals surface area contributed by atoms with Gasteiger partial charge in [-0.15, -0.1) is 0 Å². The summed E-state index contributed by atoms with van der Waals surface area (Å²) in [6.45, 7) is 8.07. The van der Waals surface area contributed by atoms with Gasteiger partial charge in [-0.2, -0.15) is 0 Å². The van der Waals surface area contributed by atoms with Crippen molar-refractivity contribution in [2.45, 2.75) is 40.2 Å². The van der Waals surface area contributed by atoms with Crippen molar-refractivity contribution in [2.24, 2.45) is 5.92 Å². The lowest BCUT2D eigenvalue weighted by Crippen LogP contribution is -2.41. The lowest BCUT2D eigenvalue weighted by Gasteiger charge is -2.22. The fraction of sp³-hybridized carbons (Fsp3) is 0.533. The van der Waals surface area contributed by atoms with E-state index in [1.807, 2.05) is 45.9 Å². The van der Waals surface area contributed by atoms with E-state index in [1.165, 1.54) is 0 Å². The van der Waals surface area contributed by atoms with Crippen molar-refractivity contribution >= 4 is 11.7 Å². The maximum atomic E-state index is 12.0. The van der Waals surface area contributed by atoms with Gasteiger partial charge in [-0.3, -0.25) is 0 Å². The Labute approximate surface area is 115 Å². The van der Waals surface area contributed by atoms with Crippen LogP contribution in [0, 0.1) is 19.8 Å². The summed E-state index contributed by atoms with van der Waals surface area (Å²) >= 11 is 0. The first-order valence-electron chi connectivity index (χ1n) is 6.70. The predicted octanol–water partition coefficient (Wildman–Crippen LogP) is 2.83. The third kappa shape index (κ3) is 4.56. The fourth-order valence-corrected chi connectivity index (χ4v) is 2.04. The second-order valence-electron chi connectivity index (χ2n) is 5.23. The van der Waals surface area contributed by atoms with Gasteiger partial charge in [0.2, 0.25) is 0 Å². The van der Waals surface area contributed by atoms with Gasteiger partial charge in [0.1, 0.15) is 0 Å². The molecule has 0 radical (unpaired) electrons. The first kappa shape index (κ1) is 15.5. The Balaban J connectivity index is 2.69. The molecule has 0 aliphatic rings. The van der Waals surface area contributed by atoms with Gasteiger partial charge < -0.3 is 15.7 Å². The second kappa shape index (κ2) is 7.14. The molecule has 2 amide bonds. The van der Waals surface area contributed by atoms with Crippen molar-refractivity contribution in [1.82, 2.24) is 5.32 Å². The molecule has 1 aromatic carbocycles. The van der Waals surface area contributed by atoms with Gasteiger partial charge >= 0.3 is 6.03 Å². The SMILES string of the molecule is Cc1cccc(C)c1NC(=O)NC(CCO)C(C)C. The number of aliphatic hydroxyl groups excluding tert-OH is 1. The Morgan fingerprint density at radius 1 is 1.26 bits per heavy atom. The van der Waals surface area contributed by atoms with Crippen LogP contribution in [-0.4, -0.2) is 23.8 Å². The normalized spacial score (nSPS) is 12.3. The van der Waals surface area contributed by atoms with E-state index in [0.29, 0.717) is 6.42 Å². The number of para-hydroxylation sites is 1. The Hall–Kier alpha value is -1.55. The Kier molecular flexibility index (Phi) is 5.83. The number of carbonyl (C=O) groups excluding carboxylic acids is 1. The number of nitrogens with one attached hydrogen (secondary N) is 2. The van der Waals surface area contributed by atoms with E-state index in [0.717, 1.165) is 16.8 Å². The minimum atomic E-state index is -0.218. The van der Waals surface area contributed by atoms with Gasteiger partial charge in [-0.25, -0.2) is 4.79 Å². The van der Waals surface area contributed by atoms with Crippen molar-refractivity contribution in [3.8, 4) is 0 Å². The molecule has 0 aliphatic carbocycles. The third-order valence-electron chi connectivity index (χ3n) is 3.28. The van der Waals surface area contributed by atoms with Gasteiger partial charge in [0.15, 0.2) is 0 Å². The summed E-state index contributed by atoms with van der Waals surface area (Å²) in [5, 5.41) is 14.8. The number of benzene rings is 1. The van der Waals surface area contributed by atoms with Crippen molar-refractivity contribution in [3.05, 3.63) is 29.3 Å². The first-order valence-corrected chi connectivity index (χ1v) is 6.70. The van der Waals surface area contributed by atoms with E-state index in [1.54, 1.807) is 0 Å². The molecule has 4 heteroatoms. The maximum absolute atomic E-state index is 12.0. The van der Waals surface area contributed by atoms with E-state index >= 15 is 0 Å². The molecule has 0 aliphatic heterocycles. The summed E-state index contributed by atoms with van der Waals surface area (Å²) in [6.07, 6.45) is 0.567. The average molecular weight is 264 g/mol. The van der Waals surface area contributed by atoms with Crippen LogP contribution >= 0.6 is 0 Å². The van der Waals surface area contributed by atoms with Gasteiger partial charge in [0.05, 0.1) is 0 Å². The quantitative estimate of drug-likeness (QED) is 0.766. The number of aryl methyl sites for hydroxylation is 2. The van der Waals surface area contributed by atoms with Crippen LogP contribution in [0.25, 0.3) is 0 Å². The zero-order valence-electron chi connectivity index (χ0n) is 12.2. The molecule has 0 fully saturated rings. The van der Waals surface area contributed by atoms with Crippen molar-refractivity contribution in [1.29, 1.82) is 0 Å². The van der Waals surface area contributed by atoms with E-state index < -0.39 is 0 Å². The van der Waals surface area contributed by atoms with E-state index in [9.17, 15) is 4.79 Å². The molecule has 0 spiro atoms. The fourth-order valence-electron chi connectivity index (χ4n) is 2.04. The maximum Gasteiger partial charge on any atom is 0.319 e. The third-order valence-corrected chi connectivity index (χ3v) is 3.28. The number of aliphatic hydroxyl groups is 1. The number of rotatable bonds is 5. The molecule has 0 saturated carbocycles. The molecule has 0 aromatic heterocycles. The predicted molar refractivity (Wildman–Crippen MR) is 78.4 cm³/mol. The van der Waals surface area contributed by atoms with Gasteiger partial charge in [-0.05, 0) is 37.3 Å². The molecule has 0 saturated heterocycles. The zero-order chi connectivity index (χ0) is 14.4. The molecule has 4 nitrogen and oxygen atoms in total. The standard InChI is InChI=1S/C15H24N2O2/c1-10(2)13(8-9-18)16-15(19)17-14-11(3)6-5-7-12(14)4/h5-7,10,13,18H,8-9H2,1-4H3,(H2,16,17,19). The number of anilines is 1. The van der Waals surface area contributed by atoms with Crippen LogP contribution in [0.4, 0.5) is 10.5 Å². The Bertz CT molecular complexity index is 410. The van der Waals surface area contributed by atoms with Crippen LogP contribution in [0.15, 0.2) is 18.2 Å². The van der Waals surface area contributed by atoms with Crippen molar-refractivity contribution in [3.63, 3.8) is 0 Å². The van der Waals surface area contributed by atoms with Crippen LogP contribution in [-0.2, 0) is 0 Å². The highest BCUT2D eigenvalue weighted by molar-refractivity contribution is 5.91. The highest BCUT2D eigenvalue weighted by Crippen LogP contribution is 2.19. The lowest BCUT2D eigenvalue weighted by molar-refractivity contribution is 0.227. The molecule has 1 atom stereocenters. The monoisotopic (exact) mass is 264 g/mol. The van der Waals surface area contributed by atoms with Crippen molar-refractivity contribution in [2.75, 3.05) is 11.9 Å². The lowest BCUT2D eigenvalue weighted by atomic mass is 10.0. The molecular weight excluding hydrogens is 240 g/mol. The number of carbonyl (C=O) groups is 1. The number of hydrogen-bond acceptors (Lipinski definition) is 2. The molecule has 0 bridgehead atoms. The topological polar surface area (TPSA) is 61.4 Å². The van der Waals surface area contributed by atoms with Gasteiger partial charge in [-0.1, -0.05) is 32.0 Å². The van der Waals surface area contributed by atoms with Crippen LogP contribution in [0.2, 0.25) is 0 Å². The summed E-state index contributed by atoms with van der Waals surface area (Å²) in [5.74, 6) is 0.288. The summed E-state index contributed by atoms with van der Waals surface area (Å²) in [6, 6.07) is 5.67. The molecule has 106 valence electrons. The second-order valence-corrected chi connectivity index (χ2v) is 5.23. The highest BCUT2D eigenvalue weighted by atomic mass is 16.3. The van der Waals surface area contributed by atoms with Crippen LogP contribution in [0.1, 0.15) is 31.4 Å². The van der Waals surface area contributed by atoms with Crippen LogP contribution < -0.4 is 10.6 Å². The smallest absolute Gasteiger partial charge is 0.319 e. The average Bonchev–Trinajstić information content (AvgIpc) is 2.33. The summed E-state index contributed by atoms with van der Waals surface area (Å²) in [7, 11) is 0. The summed E-state index contributed by atoms with van der Waals surface area (Å²) in [5.41, 5.74) is 2.93.